The van der Waals surface area contributed by atoms with E-state index in [2.05, 4.69) is 31.5 Å². The highest BCUT2D eigenvalue weighted by Gasteiger charge is 2.30. The number of halogens is 1. The summed E-state index contributed by atoms with van der Waals surface area (Å²) in [4.78, 5) is 23.0. The molecule has 2 atom stereocenters. The summed E-state index contributed by atoms with van der Waals surface area (Å²) in [7, 11) is 0. The number of rotatable bonds is 2. The molecule has 0 bridgehead atoms. The number of allylic oxidation sites excluding steroid dienone is 3. The predicted octanol–water partition coefficient (Wildman–Crippen LogP) is 4.68. The van der Waals surface area contributed by atoms with Crippen molar-refractivity contribution < 1.29 is 0 Å². The lowest BCUT2D eigenvalue weighted by atomic mass is 9.91. The molecule has 0 saturated heterocycles. The number of nitrogens with one attached hydrogen (secondary N) is 2. The molecular weight excluding hydrogens is 350 g/mol. The Morgan fingerprint density at radius 3 is 2.92 bits per heavy atom. The summed E-state index contributed by atoms with van der Waals surface area (Å²) in [6.07, 6.45) is 7.73. The molecule has 5 rings (SSSR count). The lowest BCUT2D eigenvalue weighted by Crippen LogP contribution is -2.18. The highest BCUT2D eigenvalue weighted by Crippen LogP contribution is 2.44. The van der Waals surface area contributed by atoms with E-state index in [0.29, 0.717) is 12.1 Å². The van der Waals surface area contributed by atoms with Gasteiger partial charge in [-0.3, -0.25) is 0 Å². The van der Waals surface area contributed by atoms with Crippen molar-refractivity contribution >= 4 is 28.3 Å². The fraction of sp³-hybridized carbons (Fsp3) is 0.158. The number of alkyl halides is 1. The number of aromatic amines is 1. The molecular formula is C19H14ClN5O. The van der Waals surface area contributed by atoms with Gasteiger partial charge in [-0.25, -0.2) is 9.97 Å². The average Bonchev–Trinajstić information content (AvgIpc) is 3.04. The summed E-state index contributed by atoms with van der Waals surface area (Å²) in [5.74, 6) is 0. The summed E-state index contributed by atoms with van der Waals surface area (Å²) in [6.45, 7) is 0. The highest BCUT2D eigenvalue weighted by atomic mass is 35.5. The second-order valence-electron chi connectivity index (χ2n) is 6.41. The van der Waals surface area contributed by atoms with Crippen LogP contribution in [0.2, 0.25) is 0 Å². The molecule has 26 heavy (non-hydrogen) atoms. The van der Waals surface area contributed by atoms with E-state index in [1.54, 1.807) is 12.4 Å². The van der Waals surface area contributed by atoms with Crippen molar-refractivity contribution in [3.8, 4) is 11.3 Å². The molecule has 6 nitrogen and oxygen atoms in total. The van der Waals surface area contributed by atoms with Gasteiger partial charge in [-0.05, 0) is 29.3 Å². The number of aromatic nitrogens is 3. The third kappa shape index (κ3) is 2.19. The number of H-pyrrole nitrogens is 1. The van der Waals surface area contributed by atoms with Gasteiger partial charge in [0.2, 0.25) is 0 Å². The normalized spacial score (nSPS) is 21.3. The molecule has 0 fully saturated rings. The minimum atomic E-state index is -0.422. The third-order valence-electron chi connectivity index (χ3n) is 4.97. The van der Waals surface area contributed by atoms with Crippen LogP contribution in [-0.4, -0.2) is 20.3 Å². The van der Waals surface area contributed by atoms with Gasteiger partial charge in [-0.15, -0.1) is 16.5 Å². The van der Waals surface area contributed by atoms with Crippen molar-refractivity contribution in [3.63, 3.8) is 0 Å². The Labute approximate surface area is 154 Å². The van der Waals surface area contributed by atoms with Crippen LogP contribution in [0.5, 0.6) is 0 Å². The number of anilines is 1. The minimum absolute atomic E-state index is 0.0946. The predicted molar refractivity (Wildman–Crippen MR) is 102 cm³/mol. The lowest BCUT2D eigenvalue weighted by molar-refractivity contribution is 0.795. The quantitative estimate of drug-likeness (QED) is 0.511. The molecule has 0 amide bonds. The first kappa shape index (κ1) is 15.3. The molecule has 0 saturated carbocycles. The number of nitrogens with zero attached hydrogens (tertiary/aromatic N) is 3. The Morgan fingerprint density at radius 1 is 1.19 bits per heavy atom. The van der Waals surface area contributed by atoms with E-state index >= 15 is 0 Å². The topological polar surface area (TPSA) is 83.0 Å². The molecule has 3 heterocycles. The molecule has 7 heteroatoms. The minimum Gasteiger partial charge on any atom is -0.374 e. The van der Waals surface area contributed by atoms with Crippen LogP contribution in [0.3, 0.4) is 0 Å². The van der Waals surface area contributed by atoms with Gasteiger partial charge >= 0.3 is 0 Å². The zero-order valence-corrected chi connectivity index (χ0v) is 14.4. The largest absolute Gasteiger partial charge is 0.374 e. The maximum atomic E-state index is 10.9. The molecule has 2 unspecified atom stereocenters. The second-order valence-corrected chi connectivity index (χ2v) is 6.94. The molecule has 0 radical (unpaired) electrons. The molecule has 3 aromatic rings. The van der Waals surface area contributed by atoms with Crippen molar-refractivity contribution in [1.29, 1.82) is 0 Å². The van der Waals surface area contributed by atoms with E-state index in [4.69, 9.17) is 11.6 Å². The zero-order chi connectivity index (χ0) is 17.7. The molecule has 1 aliphatic heterocycles. The average molecular weight is 364 g/mol. The Balaban J connectivity index is 1.75. The Kier molecular flexibility index (Phi) is 3.39. The third-order valence-corrected chi connectivity index (χ3v) is 5.35. The maximum absolute atomic E-state index is 10.9. The van der Waals surface area contributed by atoms with Gasteiger partial charge in [0.15, 0.2) is 0 Å². The summed E-state index contributed by atoms with van der Waals surface area (Å²) in [5.41, 5.74) is 6.27. The van der Waals surface area contributed by atoms with Crippen molar-refractivity contribution in [2.45, 2.75) is 17.8 Å². The van der Waals surface area contributed by atoms with E-state index in [-0.39, 0.29) is 6.04 Å². The van der Waals surface area contributed by atoms with E-state index in [1.165, 1.54) is 0 Å². The van der Waals surface area contributed by atoms with Gasteiger partial charge in [0.05, 0.1) is 22.5 Å². The van der Waals surface area contributed by atoms with Gasteiger partial charge in [0.1, 0.15) is 17.7 Å². The number of nitroso groups, excluding NO2 is 1. The van der Waals surface area contributed by atoms with E-state index < -0.39 is 5.38 Å². The number of para-hydroxylation sites is 1. The summed E-state index contributed by atoms with van der Waals surface area (Å²) in [5, 5.41) is 7.22. The van der Waals surface area contributed by atoms with Gasteiger partial charge in [-0.1, -0.05) is 24.3 Å². The smallest absolute Gasteiger partial charge is 0.141 e. The summed E-state index contributed by atoms with van der Waals surface area (Å²) in [6, 6.07) is 8.00. The first-order chi connectivity index (χ1) is 12.8. The van der Waals surface area contributed by atoms with E-state index in [9.17, 15) is 4.91 Å². The van der Waals surface area contributed by atoms with Crippen LogP contribution in [0.15, 0.2) is 65.4 Å². The van der Waals surface area contributed by atoms with Crippen LogP contribution in [0.4, 0.5) is 5.69 Å². The number of hydrogen-bond donors (Lipinski definition) is 2. The number of hydrogen-bond acceptors (Lipinski definition) is 5. The van der Waals surface area contributed by atoms with Crippen molar-refractivity contribution in [2.75, 3.05) is 5.32 Å². The van der Waals surface area contributed by atoms with Crippen molar-refractivity contribution in [3.05, 3.63) is 70.7 Å². The Morgan fingerprint density at radius 2 is 2.08 bits per heavy atom. The Hall–Kier alpha value is -2.99. The number of fused-ring (bicyclic) bond motifs is 2. The van der Waals surface area contributed by atoms with Crippen LogP contribution in [0, 0.1) is 4.91 Å². The van der Waals surface area contributed by atoms with Crippen molar-refractivity contribution in [2.24, 2.45) is 5.18 Å². The van der Waals surface area contributed by atoms with Gasteiger partial charge in [-0.2, -0.15) is 0 Å². The monoisotopic (exact) mass is 363 g/mol. The standard InChI is InChI=1S/C19H14ClN5O/c20-13-7-10(5-6-15(13)25-26)17-12-8-21-19-16(12)18(22-9-23-19)11-3-1-2-4-14(11)24-17/h1-6,8-9,13,17,24H,7H2,(H,21,22,23). The van der Waals surface area contributed by atoms with Gasteiger partial charge < -0.3 is 10.3 Å². The lowest BCUT2D eigenvalue weighted by Gasteiger charge is -2.25. The van der Waals surface area contributed by atoms with Crippen LogP contribution in [0.25, 0.3) is 22.3 Å². The zero-order valence-electron chi connectivity index (χ0n) is 13.6. The fourth-order valence-electron chi connectivity index (χ4n) is 3.74. The summed E-state index contributed by atoms with van der Waals surface area (Å²) < 4.78 is 0. The molecule has 0 spiro atoms. The SMILES string of the molecule is O=NC1=CC=C(C2Nc3ccccc3-c3ncnc4[nH]cc2c34)CC1Cl. The molecule has 1 aliphatic carbocycles. The van der Waals surface area contributed by atoms with Gasteiger partial charge in [0, 0.05) is 23.0 Å². The molecule has 2 aromatic heterocycles. The van der Waals surface area contributed by atoms with E-state index in [0.717, 1.165) is 39.1 Å². The fourth-order valence-corrected chi connectivity index (χ4v) is 4.03. The molecule has 2 aliphatic rings. The molecule has 1 aromatic carbocycles. The van der Waals surface area contributed by atoms with Crippen LogP contribution in [0.1, 0.15) is 18.0 Å². The first-order valence-electron chi connectivity index (χ1n) is 8.32. The maximum Gasteiger partial charge on any atom is 0.141 e. The second kappa shape index (κ2) is 5.78. The van der Waals surface area contributed by atoms with Gasteiger partial charge in [0.25, 0.3) is 0 Å². The summed E-state index contributed by atoms with van der Waals surface area (Å²) >= 11 is 6.35. The van der Waals surface area contributed by atoms with Crippen LogP contribution < -0.4 is 5.32 Å². The molecule has 128 valence electrons. The van der Waals surface area contributed by atoms with Crippen LogP contribution >= 0.6 is 11.6 Å². The van der Waals surface area contributed by atoms with E-state index in [1.807, 2.05) is 30.5 Å². The van der Waals surface area contributed by atoms with Crippen LogP contribution in [-0.2, 0) is 0 Å². The van der Waals surface area contributed by atoms with Crippen molar-refractivity contribution in [1.82, 2.24) is 15.0 Å². The number of benzene rings is 1. The highest BCUT2D eigenvalue weighted by molar-refractivity contribution is 6.22. The Bertz CT molecular complexity index is 1100. The molecule has 2 N–H and O–H groups in total. The first-order valence-corrected chi connectivity index (χ1v) is 8.76.